The number of amides is 3. The van der Waals surface area contributed by atoms with E-state index in [1.54, 1.807) is 13.8 Å². The van der Waals surface area contributed by atoms with Crippen molar-refractivity contribution in [2.75, 3.05) is 6.54 Å². The van der Waals surface area contributed by atoms with Gasteiger partial charge in [-0.15, -0.1) is 0 Å². The van der Waals surface area contributed by atoms with Gasteiger partial charge in [-0.25, -0.2) is 9.59 Å². The van der Waals surface area contributed by atoms with Crippen LogP contribution in [-0.2, 0) is 9.59 Å². The van der Waals surface area contributed by atoms with Crippen LogP contribution >= 0.6 is 0 Å². The van der Waals surface area contributed by atoms with Crippen molar-refractivity contribution < 1.29 is 19.5 Å². The van der Waals surface area contributed by atoms with E-state index in [2.05, 4.69) is 5.32 Å². The molecule has 1 atom stereocenters. The van der Waals surface area contributed by atoms with Crippen LogP contribution in [0.4, 0.5) is 4.79 Å². The predicted octanol–water partition coefficient (Wildman–Crippen LogP) is 0.348. The SMILES string of the molecule is CCC1(C)NC(=O)N(CC=CC(=O)O)C1=O. The number of nitrogens with one attached hydrogen (secondary N) is 1. The van der Waals surface area contributed by atoms with Crippen LogP contribution < -0.4 is 5.32 Å². The summed E-state index contributed by atoms with van der Waals surface area (Å²) >= 11 is 0. The largest absolute Gasteiger partial charge is 0.478 e. The van der Waals surface area contributed by atoms with E-state index in [9.17, 15) is 14.4 Å². The minimum atomic E-state index is -1.11. The molecule has 1 aliphatic heterocycles. The zero-order chi connectivity index (χ0) is 12.3. The van der Waals surface area contributed by atoms with E-state index in [4.69, 9.17) is 5.11 Å². The van der Waals surface area contributed by atoms with Gasteiger partial charge >= 0.3 is 12.0 Å². The van der Waals surface area contributed by atoms with Gasteiger partial charge in [0.15, 0.2) is 0 Å². The van der Waals surface area contributed by atoms with Gasteiger partial charge in [0.1, 0.15) is 5.54 Å². The Bertz CT molecular complexity index is 364. The molecule has 0 aromatic rings. The van der Waals surface area contributed by atoms with Gasteiger partial charge in [0.05, 0.1) is 0 Å². The smallest absolute Gasteiger partial charge is 0.328 e. The molecule has 2 N–H and O–H groups in total. The van der Waals surface area contributed by atoms with E-state index in [0.29, 0.717) is 6.42 Å². The lowest BCUT2D eigenvalue weighted by atomic mass is 9.99. The summed E-state index contributed by atoms with van der Waals surface area (Å²) in [7, 11) is 0. The fraction of sp³-hybridized carbons (Fsp3) is 0.500. The molecule has 16 heavy (non-hydrogen) atoms. The molecule has 0 aromatic heterocycles. The number of nitrogens with zero attached hydrogens (tertiary/aromatic N) is 1. The van der Waals surface area contributed by atoms with Crippen molar-refractivity contribution in [3.05, 3.63) is 12.2 Å². The fourth-order valence-corrected chi connectivity index (χ4v) is 1.41. The van der Waals surface area contributed by atoms with Crippen molar-refractivity contribution in [3.8, 4) is 0 Å². The third-order valence-corrected chi connectivity index (χ3v) is 2.60. The average Bonchev–Trinajstić information content (AvgIpc) is 2.42. The number of hydrogen-bond donors (Lipinski definition) is 2. The zero-order valence-corrected chi connectivity index (χ0v) is 9.19. The number of carbonyl (C=O) groups is 3. The molecule has 0 radical (unpaired) electrons. The number of carboxylic acid groups (broad SMARTS) is 1. The first-order chi connectivity index (χ1) is 7.40. The number of imide groups is 1. The van der Waals surface area contributed by atoms with Crippen LogP contribution in [0.25, 0.3) is 0 Å². The number of carboxylic acids is 1. The van der Waals surface area contributed by atoms with Crippen LogP contribution in [0.3, 0.4) is 0 Å². The van der Waals surface area contributed by atoms with Gasteiger partial charge in [0, 0.05) is 12.6 Å². The monoisotopic (exact) mass is 226 g/mol. The average molecular weight is 226 g/mol. The van der Waals surface area contributed by atoms with Crippen LogP contribution in [0, 0.1) is 0 Å². The quantitative estimate of drug-likeness (QED) is 0.535. The van der Waals surface area contributed by atoms with E-state index in [-0.39, 0.29) is 12.5 Å². The van der Waals surface area contributed by atoms with Gasteiger partial charge in [-0.2, -0.15) is 0 Å². The number of rotatable bonds is 4. The minimum absolute atomic E-state index is 0.0213. The lowest BCUT2D eigenvalue weighted by Gasteiger charge is -2.18. The maximum Gasteiger partial charge on any atom is 0.328 e. The van der Waals surface area contributed by atoms with Gasteiger partial charge in [0.25, 0.3) is 5.91 Å². The van der Waals surface area contributed by atoms with E-state index in [1.807, 2.05) is 0 Å². The lowest BCUT2D eigenvalue weighted by molar-refractivity contribution is -0.132. The third kappa shape index (κ3) is 2.21. The topological polar surface area (TPSA) is 86.7 Å². The number of hydrogen-bond acceptors (Lipinski definition) is 3. The normalized spacial score (nSPS) is 25.2. The summed E-state index contributed by atoms with van der Waals surface area (Å²) in [5.41, 5.74) is -0.867. The molecular formula is C10H14N2O4. The molecule has 1 unspecified atom stereocenters. The number of aliphatic carboxylic acids is 1. The molecule has 88 valence electrons. The second kappa shape index (κ2) is 4.34. The maximum atomic E-state index is 11.8. The summed E-state index contributed by atoms with van der Waals surface area (Å²) in [5.74, 6) is -1.43. The van der Waals surface area contributed by atoms with E-state index in [0.717, 1.165) is 11.0 Å². The highest BCUT2D eigenvalue weighted by atomic mass is 16.4. The molecule has 1 aliphatic rings. The second-order valence-electron chi connectivity index (χ2n) is 3.77. The molecule has 0 spiro atoms. The zero-order valence-electron chi connectivity index (χ0n) is 9.19. The summed E-state index contributed by atoms with van der Waals surface area (Å²) in [6.45, 7) is 3.43. The Morgan fingerprint density at radius 3 is 2.62 bits per heavy atom. The summed E-state index contributed by atoms with van der Waals surface area (Å²) in [4.78, 5) is 34.5. The molecular weight excluding hydrogens is 212 g/mol. The van der Waals surface area contributed by atoms with Crippen LogP contribution in [0.2, 0.25) is 0 Å². The highest BCUT2D eigenvalue weighted by Gasteiger charge is 2.45. The Balaban J connectivity index is 2.72. The number of urea groups is 1. The lowest BCUT2D eigenvalue weighted by Crippen LogP contribution is -2.43. The molecule has 0 bridgehead atoms. The van der Waals surface area contributed by atoms with E-state index in [1.165, 1.54) is 6.08 Å². The minimum Gasteiger partial charge on any atom is -0.478 e. The van der Waals surface area contributed by atoms with E-state index < -0.39 is 17.5 Å². The highest BCUT2D eigenvalue weighted by molar-refractivity contribution is 6.06. The second-order valence-corrected chi connectivity index (χ2v) is 3.77. The molecule has 0 aromatic carbocycles. The summed E-state index contributed by atoms with van der Waals surface area (Å²) < 4.78 is 0. The summed E-state index contributed by atoms with van der Waals surface area (Å²) in [5, 5.41) is 11.0. The highest BCUT2D eigenvalue weighted by Crippen LogP contribution is 2.20. The standard InChI is InChI=1S/C10H14N2O4/c1-3-10(2)8(15)12(9(16)11-10)6-4-5-7(13)14/h4-5H,3,6H2,1-2H3,(H,11,16)(H,13,14). The van der Waals surface area contributed by atoms with Gasteiger partial charge < -0.3 is 10.4 Å². The van der Waals surface area contributed by atoms with Crippen molar-refractivity contribution in [3.63, 3.8) is 0 Å². The van der Waals surface area contributed by atoms with Crippen molar-refractivity contribution in [1.29, 1.82) is 0 Å². The van der Waals surface area contributed by atoms with Crippen molar-refractivity contribution in [2.24, 2.45) is 0 Å². The van der Waals surface area contributed by atoms with Gasteiger partial charge in [0.2, 0.25) is 0 Å². The summed E-state index contributed by atoms with van der Waals surface area (Å²) in [6.07, 6.45) is 2.67. The molecule has 6 nitrogen and oxygen atoms in total. The first kappa shape index (κ1) is 12.2. The fourth-order valence-electron chi connectivity index (χ4n) is 1.41. The molecule has 6 heteroatoms. The van der Waals surface area contributed by atoms with Crippen molar-refractivity contribution in [2.45, 2.75) is 25.8 Å². The molecule has 1 rings (SSSR count). The van der Waals surface area contributed by atoms with Crippen molar-refractivity contribution in [1.82, 2.24) is 10.2 Å². The Kier molecular flexibility index (Phi) is 3.31. The van der Waals surface area contributed by atoms with Crippen LogP contribution in [0.15, 0.2) is 12.2 Å². The molecule has 0 saturated carbocycles. The summed E-state index contributed by atoms with van der Waals surface area (Å²) in [6, 6.07) is -0.482. The van der Waals surface area contributed by atoms with Crippen molar-refractivity contribution >= 4 is 17.9 Å². The third-order valence-electron chi connectivity index (χ3n) is 2.60. The van der Waals surface area contributed by atoms with Crippen LogP contribution in [0.5, 0.6) is 0 Å². The Morgan fingerprint density at radius 2 is 2.19 bits per heavy atom. The first-order valence-corrected chi connectivity index (χ1v) is 4.94. The van der Waals surface area contributed by atoms with Gasteiger partial charge in [-0.05, 0) is 13.3 Å². The molecule has 1 saturated heterocycles. The maximum absolute atomic E-state index is 11.8. The Hall–Kier alpha value is -1.85. The number of carbonyl (C=O) groups excluding carboxylic acids is 2. The van der Waals surface area contributed by atoms with Crippen LogP contribution in [0.1, 0.15) is 20.3 Å². The van der Waals surface area contributed by atoms with E-state index >= 15 is 0 Å². The molecule has 3 amide bonds. The van der Waals surface area contributed by atoms with Crippen LogP contribution in [-0.4, -0.2) is 40.0 Å². The first-order valence-electron chi connectivity index (χ1n) is 4.94. The molecule has 1 heterocycles. The Labute approximate surface area is 92.9 Å². The Morgan fingerprint density at radius 1 is 1.56 bits per heavy atom. The molecule has 0 aliphatic carbocycles. The molecule has 1 fully saturated rings. The predicted molar refractivity (Wildman–Crippen MR) is 55.7 cm³/mol. The van der Waals surface area contributed by atoms with Gasteiger partial charge in [-0.1, -0.05) is 13.0 Å². The van der Waals surface area contributed by atoms with Gasteiger partial charge in [-0.3, -0.25) is 9.69 Å².